The van der Waals surface area contributed by atoms with E-state index in [0.717, 1.165) is 38.4 Å². The number of aromatic nitrogens is 2. The van der Waals surface area contributed by atoms with Gasteiger partial charge in [-0.25, -0.2) is 4.98 Å². The fraction of sp³-hybridized carbons (Fsp3) is 0.188. The lowest BCUT2D eigenvalue weighted by molar-refractivity contribution is 0.404. The second-order valence-electron chi connectivity index (χ2n) is 4.76. The molecule has 2 heterocycles. The van der Waals surface area contributed by atoms with Gasteiger partial charge in [0.2, 0.25) is 0 Å². The van der Waals surface area contributed by atoms with Crippen molar-refractivity contribution in [1.29, 1.82) is 0 Å². The molecule has 5 heteroatoms. The molecule has 0 atom stereocenters. The maximum Gasteiger partial charge on any atom is 0.140 e. The largest absolute Gasteiger partial charge is 0.497 e. The highest BCUT2D eigenvalue weighted by atomic mass is 79.9. The first-order valence-corrected chi connectivity index (χ1v) is 7.29. The highest BCUT2D eigenvalue weighted by molar-refractivity contribution is 9.10. The monoisotopic (exact) mass is 346 g/mol. The molecule has 108 valence electrons. The first kappa shape index (κ1) is 13.9. The molecule has 0 aliphatic heterocycles. The van der Waals surface area contributed by atoms with Gasteiger partial charge in [-0.05, 0) is 52.7 Å². The van der Waals surface area contributed by atoms with Gasteiger partial charge in [-0.15, -0.1) is 0 Å². The van der Waals surface area contributed by atoms with E-state index >= 15 is 0 Å². The molecule has 21 heavy (non-hydrogen) atoms. The summed E-state index contributed by atoms with van der Waals surface area (Å²) >= 11 is 3.51. The summed E-state index contributed by atoms with van der Waals surface area (Å²) in [5.41, 5.74) is 3.80. The van der Waals surface area contributed by atoms with Crippen LogP contribution in [0.3, 0.4) is 0 Å². The molecular formula is C16H15BrN2O2. The summed E-state index contributed by atoms with van der Waals surface area (Å²) in [5, 5.41) is 0. The topological polar surface area (TPSA) is 35.8 Å². The molecule has 0 spiro atoms. The van der Waals surface area contributed by atoms with E-state index in [9.17, 15) is 0 Å². The minimum absolute atomic E-state index is 0.774. The molecule has 4 nitrogen and oxygen atoms in total. The van der Waals surface area contributed by atoms with Crippen molar-refractivity contribution in [3.05, 3.63) is 46.7 Å². The van der Waals surface area contributed by atoms with Crippen molar-refractivity contribution in [2.45, 2.75) is 6.92 Å². The van der Waals surface area contributed by atoms with Crippen molar-refractivity contribution in [2.24, 2.45) is 0 Å². The average molecular weight is 347 g/mol. The fourth-order valence-corrected chi connectivity index (χ4v) is 2.93. The molecule has 1 aromatic carbocycles. The van der Waals surface area contributed by atoms with Gasteiger partial charge >= 0.3 is 0 Å². The molecule has 0 radical (unpaired) electrons. The smallest absolute Gasteiger partial charge is 0.140 e. The molecular weight excluding hydrogens is 332 g/mol. The summed E-state index contributed by atoms with van der Waals surface area (Å²) < 4.78 is 13.8. The standard InChI is InChI=1S/C16H15BrN2O2/c1-10-6-11(17)8-19-9-14(18-16(10)19)13-7-12(20-2)4-5-15(13)21-3/h4-9H,1-3H3. The van der Waals surface area contributed by atoms with Crippen LogP contribution >= 0.6 is 15.9 Å². The third-order valence-corrected chi connectivity index (χ3v) is 3.82. The third-order valence-electron chi connectivity index (χ3n) is 3.38. The van der Waals surface area contributed by atoms with Crippen LogP contribution in [0.25, 0.3) is 16.9 Å². The highest BCUT2D eigenvalue weighted by Gasteiger charge is 2.12. The van der Waals surface area contributed by atoms with Gasteiger partial charge in [0, 0.05) is 22.4 Å². The van der Waals surface area contributed by atoms with Gasteiger partial charge in [0.25, 0.3) is 0 Å². The SMILES string of the molecule is COc1ccc(OC)c(-c2cn3cc(Br)cc(C)c3n2)c1. The maximum absolute atomic E-state index is 5.44. The summed E-state index contributed by atoms with van der Waals surface area (Å²) in [6.07, 6.45) is 3.98. The summed E-state index contributed by atoms with van der Waals surface area (Å²) in [7, 11) is 3.31. The molecule has 3 aromatic rings. The number of imidazole rings is 1. The van der Waals surface area contributed by atoms with Crippen LogP contribution in [-0.2, 0) is 0 Å². The number of fused-ring (bicyclic) bond motifs is 1. The minimum Gasteiger partial charge on any atom is -0.497 e. The van der Waals surface area contributed by atoms with E-state index in [1.165, 1.54) is 0 Å². The van der Waals surface area contributed by atoms with Crippen LogP contribution in [0.1, 0.15) is 5.56 Å². The molecule has 0 fully saturated rings. The van der Waals surface area contributed by atoms with Crippen LogP contribution in [0.5, 0.6) is 11.5 Å². The number of halogens is 1. The van der Waals surface area contributed by atoms with E-state index in [1.54, 1.807) is 14.2 Å². The number of ether oxygens (including phenoxy) is 2. The molecule has 0 aliphatic carbocycles. The Balaban J connectivity index is 2.22. The first-order valence-electron chi connectivity index (χ1n) is 6.49. The minimum atomic E-state index is 0.774. The zero-order valence-corrected chi connectivity index (χ0v) is 13.6. The van der Waals surface area contributed by atoms with Crippen molar-refractivity contribution in [3.8, 4) is 22.8 Å². The van der Waals surface area contributed by atoms with E-state index < -0.39 is 0 Å². The average Bonchev–Trinajstić information content (AvgIpc) is 2.90. The predicted molar refractivity (Wildman–Crippen MR) is 86.2 cm³/mol. The van der Waals surface area contributed by atoms with Gasteiger partial charge in [0.05, 0.1) is 19.9 Å². The summed E-state index contributed by atoms with van der Waals surface area (Å²) in [4.78, 5) is 4.71. The zero-order chi connectivity index (χ0) is 15.0. The van der Waals surface area contributed by atoms with Gasteiger partial charge < -0.3 is 13.9 Å². The number of methoxy groups -OCH3 is 2. The van der Waals surface area contributed by atoms with Gasteiger partial charge in [-0.1, -0.05) is 0 Å². The normalized spacial score (nSPS) is 10.9. The molecule has 0 unspecified atom stereocenters. The zero-order valence-electron chi connectivity index (χ0n) is 12.1. The van der Waals surface area contributed by atoms with E-state index in [0.29, 0.717) is 0 Å². The van der Waals surface area contributed by atoms with Gasteiger partial charge in [0.15, 0.2) is 0 Å². The number of benzene rings is 1. The Hall–Kier alpha value is -2.01. The quantitative estimate of drug-likeness (QED) is 0.716. The lowest BCUT2D eigenvalue weighted by Gasteiger charge is -2.08. The number of pyridine rings is 1. The molecule has 0 saturated carbocycles. The van der Waals surface area contributed by atoms with E-state index in [2.05, 4.69) is 22.0 Å². The molecule has 0 aliphatic rings. The molecule has 3 rings (SSSR count). The number of aryl methyl sites for hydroxylation is 1. The second kappa shape index (κ2) is 5.41. The molecule has 0 saturated heterocycles. The number of rotatable bonds is 3. The Kier molecular flexibility index (Phi) is 3.59. The Morgan fingerprint density at radius 1 is 1.10 bits per heavy atom. The fourth-order valence-electron chi connectivity index (χ4n) is 2.37. The van der Waals surface area contributed by atoms with Crippen LogP contribution in [0.2, 0.25) is 0 Å². The number of hydrogen-bond donors (Lipinski definition) is 0. The molecule has 0 N–H and O–H groups in total. The summed E-state index contributed by atoms with van der Waals surface area (Å²) in [5.74, 6) is 1.55. The van der Waals surface area contributed by atoms with Crippen molar-refractivity contribution in [1.82, 2.24) is 9.38 Å². The van der Waals surface area contributed by atoms with E-state index in [1.807, 2.05) is 41.9 Å². The first-order chi connectivity index (χ1) is 10.1. The van der Waals surface area contributed by atoms with Crippen molar-refractivity contribution in [2.75, 3.05) is 14.2 Å². The molecule has 0 amide bonds. The van der Waals surface area contributed by atoms with Crippen LogP contribution in [-0.4, -0.2) is 23.6 Å². The molecule has 0 bridgehead atoms. The van der Waals surface area contributed by atoms with Crippen molar-refractivity contribution < 1.29 is 9.47 Å². The van der Waals surface area contributed by atoms with Crippen LogP contribution < -0.4 is 9.47 Å². The van der Waals surface area contributed by atoms with Crippen LogP contribution in [0.4, 0.5) is 0 Å². The predicted octanol–water partition coefficient (Wildman–Crippen LogP) is 4.09. The Bertz CT molecular complexity index is 811. The van der Waals surface area contributed by atoms with Crippen molar-refractivity contribution in [3.63, 3.8) is 0 Å². The second-order valence-corrected chi connectivity index (χ2v) is 5.68. The Morgan fingerprint density at radius 2 is 1.90 bits per heavy atom. The Labute approximate surface area is 131 Å². The third kappa shape index (κ3) is 2.49. The Morgan fingerprint density at radius 3 is 2.62 bits per heavy atom. The van der Waals surface area contributed by atoms with Crippen molar-refractivity contribution >= 4 is 21.6 Å². The molecule has 2 aromatic heterocycles. The van der Waals surface area contributed by atoms with E-state index in [-0.39, 0.29) is 0 Å². The number of nitrogens with zero attached hydrogens (tertiary/aromatic N) is 2. The summed E-state index contributed by atoms with van der Waals surface area (Å²) in [6, 6.07) is 7.75. The number of hydrogen-bond acceptors (Lipinski definition) is 3. The lowest BCUT2D eigenvalue weighted by atomic mass is 10.1. The van der Waals surface area contributed by atoms with Crippen LogP contribution in [0, 0.1) is 6.92 Å². The summed E-state index contributed by atoms with van der Waals surface area (Å²) in [6.45, 7) is 2.04. The maximum atomic E-state index is 5.44. The van der Waals surface area contributed by atoms with Gasteiger partial charge in [0.1, 0.15) is 17.1 Å². The van der Waals surface area contributed by atoms with Crippen LogP contribution in [0.15, 0.2) is 41.1 Å². The van der Waals surface area contributed by atoms with Gasteiger partial charge in [-0.3, -0.25) is 0 Å². The van der Waals surface area contributed by atoms with Gasteiger partial charge in [-0.2, -0.15) is 0 Å². The highest BCUT2D eigenvalue weighted by Crippen LogP contribution is 2.33. The lowest BCUT2D eigenvalue weighted by Crippen LogP contribution is -1.90. The van der Waals surface area contributed by atoms with E-state index in [4.69, 9.17) is 14.5 Å².